The van der Waals surface area contributed by atoms with Crippen LogP contribution in [0.5, 0.6) is 0 Å². The van der Waals surface area contributed by atoms with Gasteiger partial charge in [0.25, 0.3) is 0 Å². The maximum Gasteiger partial charge on any atom is 0.200 e. The topological polar surface area (TPSA) is 24.4 Å². The van der Waals surface area contributed by atoms with Gasteiger partial charge in [-0.2, -0.15) is 5.10 Å². The fourth-order valence-electron chi connectivity index (χ4n) is 1.45. The SMILES string of the molecule is Fc1ccccc1/C=N/Nc1c(F)c(F)c(F)c(F)c1F. The smallest absolute Gasteiger partial charge is 0.200 e. The highest BCUT2D eigenvalue weighted by atomic mass is 19.2. The zero-order valence-corrected chi connectivity index (χ0v) is 10.1. The van der Waals surface area contributed by atoms with E-state index in [4.69, 9.17) is 0 Å². The van der Waals surface area contributed by atoms with Crippen LogP contribution in [-0.4, -0.2) is 6.21 Å². The molecule has 0 heterocycles. The third-order valence-electron chi connectivity index (χ3n) is 2.50. The minimum absolute atomic E-state index is 0.0335. The molecule has 0 amide bonds. The Morgan fingerprint density at radius 1 is 0.762 bits per heavy atom. The Bertz CT molecular complexity index is 685. The summed E-state index contributed by atoms with van der Waals surface area (Å²) in [4.78, 5) is 0. The van der Waals surface area contributed by atoms with Gasteiger partial charge in [0, 0.05) is 5.56 Å². The van der Waals surface area contributed by atoms with Crippen molar-refractivity contribution in [1.29, 1.82) is 0 Å². The minimum atomic E-state index is -2.27. The van der Waals surface area contributed by atoms with Gasteiger partial charge >= 0.3 is 0 Å². The van der Waals surface area contributed by atoms with E-state index >= 15 is 0 Å². The third-order valence-corrected chi connectivity index (χ3v) is 2.50. The molecule has 8 heteroatoms. The molecule has 110 valence electrons. The van der Waals surface area contributed by atoms with Crippen molar-refractivity contribution in [2.75, 3.05) is 5.43 Å². The normalized spacial score (nSPS) is 11.1. The van der Waals surface area contributed by atoms with E-state index in [1.54, 1.807) is 5.43 Å². The molecule has 0 saturated heterocycles. The molecule has 0 aliphatic heterocycles. The Morgan fingerprint density at radius 3 is 1.86 bits per heavy atom. The lowest BCUT2D eigenvalue weighted by atomic mass is 10.2. The molecule has 0 aliphatic carbocycles. The van der Waals surface area contributed by atoms with E-state index in [-0.39, 0.29) is 5.56 Å². The molecular weight excluding hydrogens is 298 g/mol. The monoisotopic (exact) mass is 304 g/mol. The van der Waals surface area contributed by atoms with Crippen LogP contribution in [0, 0.1) is 34.9 Å². The largest absolute Gasteiger partial charge is 0.272 e. The standard InChI is InChI=1S/C13H6F6N2/c14-7-4-2-1-3-6(7)5-20-21-13-11(18)9(16)8(15)10(17)12(13)19/h1-5,21H/b20-5+. The Hall–Kier alpha value is -2.51. The van der Waals surface area contributed by atoms with Gasteiger partial charge in [-0.25, -0.2) is 26.3 Å². The van der Waals surface area contributed by atoms with Gasteiger partial charge in [-0.15, -0.1) is 0 Å². The highest BCUT2D eigenvalue weighted by Gasteiger charge is 2.25. The van der Waals surface area contributed by atoms with Gasteiger partial charge in [-0.05, 0) is 6.07 Å². The lowest BCUT2D eigenvalue weighted by molar-refractivity contribution is 0.381. The molecule has 21 heavy (non-hydrogen) atoms. The van der Waals surface area contributed by atoms with Crippen LogP contribution in [0.15, 0.2) is 29.4 Å². The van der Waals surface area contributed by atoms with Crippen LogP contribution in [0.2, 0.25) is 0 Å². The predicted octanol–water partition coefficient (Wildman–Crippen LogP) is 3.97. The molecule has 0 atom stereocenters. The second kappa shape index (κ2) is 5.86. The number of hydrazone groups is 1. The lowest BCUT2D eigenvalue weighted by Gasteiger charge is -2.06. The van der Waals surface area contributed by atoms with E-state index in [1.165, 1.54) is 18.2 Å². The summed E-state index contributed by atoms with van der Waals surface area (Å²) in [6.45, 7) is 0. The number of nitrogens with zero attached hydrogens (tertiary/aromatic N) is 1. The number of benzene rings is 2. The van der Waals surface area contributed by atoms with Gasteiger partial charge in [0.2, 0.25) is 5.82 Å². The number of anilines is 1. The van der Waals surface area contributed by atoms with Crippen LogP contribution in [0.3, 0.4) is 0 Å². The van der Waals surface area contributed by atoms with Crippen LogP contribution >= 0.6 is 0 Å². The summed E-state index contributed by atoms with van der Waals surface area (Å²) in [6.07, 6.45) is 0.841. The van der Waals surface area contributed by atoms with E-state index in [0.717, 1.165) is 12.3 Å². The summed E-state index contributed by atoms with van der Waals surface area (Å²) in [5, 5.41) is 3.26. The van der Waals surface area contributed by atoms with Crippen molar-refractivity contribution < 1.29 is 26.3 Å². The summed E-state index contributed by atoms with van der Waals surface area (Å²) in [5.74, 6) is -11.3. The number of halogens is 6. The molecule has 0 spiro atoms. The zero-order chi connectivity index (χ0) is 15.6. The van der Waals surface area contributed by atoms with Crippen molar-refractivity contribution in [3.05, 3.63) is 64.7 Å². The molecule has 2 nitrogen and oxygen atoms in total. The van der Waals surface area contributed by atoms with Gasteiger partial charge in [0.05, 0.1) is 6.21 Å². The van der Waals surface area contributed by atoms with Crippen LogP contribution in [-0.2, 0) is 0 Å². The molecule has 2 rings (SSSR count). The average molecular weight is 304 g/mol. The molecule has 0 radical (unpaired) electrons. The Kier molecular flexibility index (Phi) is 4.15. The third kappa shape index (κ3) is 2.83. The minimum Gasteiger partial charge on any atom is -0.272 e. The van der Waals surface area contributed by atoms with Crippen molar-refractivity contribution in [3.63, 3.8) is 0 Å². The summed E-state index contributed by atoms with van der Waals surface area (Å²) < 4.78 is 78.4. The Morgan fingerprint density at radius 2 is 1.29 bits per heavy atom. The number of hydrogen-bond acceptors (Lipinski definition) is 2. The highest BCUT2D eigenvalue weighted by molar-refractivity contribution is 5.80. The van der Waals surface area contributed by atoms with Crippen molar-refractivity contribution in [2.45, 2.75) is 0 Å². The van der Waals surface area contributed by atoms with E-state index in [0.29, 0.717) is 0 Å². The number of hydrogen-bond donors (Lipinski definition) is 1. The molecule has 0 bridgehead atoms. The average Bonchev–Trinajstić information content (AvgIpc) is 2.48. The summed E-state index contributed by atoms with van der Waals surface area (Å²) in [5.41, 5.74) is 0.318. The molecule has 0 fully saturated rings. The zero-order valence-electron chi connectivity index (χ0n) is 10.1. The lowest BCUT2D eigenvalue weighted by Crippen LogP contribution is -2.06. The fraction of sp³-hybridized carbons (Fsp3) is 0. The number of rotatable bonds is 3. The molecule has 0 saturated carbocycles. The van der Waals surface area contributed by atoms with Crippen molar-refractivity contribution in [3.8, 4) is 0 Å². The second-order valence-corrected chi connectivity index (χ2v) is 3.84. The van der Waals surface area contributed by atoms with Gasteiger partial charge in [0.15, 0.2) is 23.3 Å². The van der Waals surface area contributed by atoms with Gasteiger partial charge < -0.3 is 0 Å². The van der Waals surface area contributed by atoms with Crippen LogP contribution in [0.4, 0.5) is 32.0 Å². The Labute approximate surface area is 114 Å². The van der Waals surface area contributed by atoms with Gasteiger partial charge in [-0.3, -0.25) is 5.43 Å². The van der Waals surface area contributed by atoms with Gasteiger partial charge in [-0.1, -0.05) is 18.2 Å². The first-order valence-electron chi connectivity index (χ1n) is 5.48. The molecule has 0 aliphatic rings. The molecule has 2 aromatic rings. The molecule has 0 unspecified atom stereocenters. The quantitative estimate of drug-likeness (QED) is 0.300. The number of nitrogens with one attached hydrogen (secondary N) is 1. The van der Waals surface area contributed by atoms with Crippen molar-refractivity contribution in [1.82, 2.24) is 0 Å². The first-order chi connectivity index (χ1) is 9.93. The fourth-order valence-corrected chi connectivity index (χ4v) is 1.45. The van der Waals surface area contributed by atoms with Crippen LogP contribution in [0.25, 0.3) is 0 Å². The summed E-state index contributed by atoms with van der Waals surface area (Å²) in [6, 6.07) is 5.30. The molecular formula is C13H6F6N2. The van der Waals surface area contributed by atoms with Crippen molar-refractivity contribution >= 4 is 11.9 Å². The summed E-state index contributed by atoms with van der Waals surface area (Å²) in [7, 11) is 0. The highest BCUT2D eigenvalue weighted by Crippen LogP contribution is 2.26. The second-order valence-electron chi connectivity index (χ2n) is 3.84. The molecule has 2 aromatic carbocycles. The summed E-state index contributed by atoms with van der Waals surface area (Å²) >= 11 is 0. The first-order valence-corrected chi connectivity index (χ1v) is 5.48. The van der Waals surface area contributed by atoms with Crippen LogP contribution in [0.1, 0.15) is 5.56 Å². The van der Waals surface area contributed by atoms with Crippen molar-refractivity contribution in [2.24, 2.45) is 5.10 Å². The van der Waals surface area contributed by atoms with Gasteiger partial charge in [0.1, 0.15) is 11.5 Å². The maximum atomic E-state index is 13.3. The van der Waals surface area contributed by atoms with E-state index < -0.39 is 40.6 Å². The maximum absolute atomic E-state index is 13.3. The predicted molar refractivity (Wildman–Crippen MR) is 63.8 cm³/mol. The molecule has 1 N–H and O–H groups in total. The van der Waals surface area contributed by atoms with E-state index in [1.807, 2.05) is 0 Å². The van der Waals surface area contributed by atoms with Crippen LogP contribution < -0.4 is 5.43 Å². The van der Waals surface area contributed by atoms with E-state index in [9.17, 15) is 26.3 Å². The first kappa shape index (κ1) is 14.9. The molecule has 0 aromatic heterocycles. The van der Waals surface area contributed by atoms with E-state index in [2.05, 4.69) is 5.10 Å². The Balaban J connectivity index is 2.31.